The van der Waals surface area contributed by atoms with Crippen LogP contribution in [0.1, 0.15) is 27.4 Å². The number of hydrogen-bond acceptors (Lipinski definition) is 7. The van der Waals surface area contributed by atoms with Gasteiger partial charge in [0.15, 0.2) is 5.69 Å². The van der Waals surface area contributed by atoms with Crippen LogP contribution in [0.4, 0.5) is 11.8 Å². The van der Waals surface area contributed by atoms with Gasteiger partial charge >= 0.3 is 5.97 Å². The lowest BCUT2D eigenvalue weighted by Gasteiger charge is -2.36. The lowest BCUT2D eigenvalue weighted by molar-refractivity contribution is 0.0690. The molecule has 126 valence electrons. The number of anilines is 2. The maximum absolute atomic E-state index is 11.2. The Labute approximate surface area is 140 Å². The van der Waals surface area contributed by atoms with Crippen molar-refractivity contribution in [3.63, 3.8) is 0 Å². The minimum absolute atomic E-state index is 0.0298. The summed E-state index contributed by atoms with van der Waals surface area (Å²) >= 11 is 0. The molecular weight excluding hydrogens is 308 g/mol. The lowest BCUT2D eigenvalue weighted by atomic mass is 10.2. The van der Waals surface area contributed by atoms with E-state index in [4.69, 9.17) is 5.11 Å². The second-order valence-electron chi connectivity index (χ2n) is 5.88. The highest BCUT2D eigenvalue weighted by Crippen LogP contribution is 2.21. The molecule has 0 saturated carbocycles. The summed E-state index contributed by atoms with van der Waals surface area (Å²) in [4.78, 5) is 32.5. The zero-order valence-electron chi connectivity index (χ0n) is 14.0. The van der Waals surface area contributed by atoms with Gasteiger partial charge in [0, 0.05) is 43.1 Å². The number of carboxylic acid groups (broad SMARTS) is 1. The molecule has 0 atom stereocenters. The molecule has 8 heteroatoms. The van der Waals surface area contributed by atoms with Gasteiger partial charge in [0.25, 0.3) is 0 Å². The number of aryl methyl sites for hydroxylation is 2. The Hall–Kier alpha value is -2.77. The molecule has 24 heavy (non-hydrogen) atoms. The highest BCUT2D eigenvalue weighted by molar-refractivity contribution is 5.85. The average Bonchev–Trinajstić information content (AvgIpc) is 2.57. The second-order valence-corrected chi connectivity index (χ2v) is 5.88. The highest BCUT2D eigenvalue weighted by atomic mass is 16.4. The number of aromatic carboxylic acids is 1. The summed E-state index contributed by atoms with van der Waals surface area (Å²) in [6, 6.07) is 1.48. The number of piperazine rings is 1. The van der Waals surface area contributed by atoms with Crippen molar-refractivity contribution < 1.29 is 9.90 Å². The van der Waals surface area contributed by atoms with E-state index in [1.807, 2.05) is 18.7 Å². The fraction of sp³-hybridized carbons (Fsp3) is 0.438. The van der Waals surface area contributed by atoms with E-state index >= 15 is 0 Å². The molecule has 0 unspecified atom stereocenters. The molecule has 1 aliphatic heterocycles. The van der Waals surface area contributed by atoms with Gasteiger partial charge in [-0.1, -0.05) is 0 Å². The van der Waals surface area contributed by atoms with Crippen molar-refractivity contribution in [3.05, 3.63) is 35.0 Å². The Bertz CT molecular complexity index is 771. The Morgan fingerprint density at radius 2 is 1.71 bits per heavy atom. The topological polar surface area (TPSA) is 95.3 Å². The highest BCUT2D eigenvalue weighted by Gasteiger charge is 2.22. The van der Waals surface area contributed by atoms with Gasteiger partial charge in [-0.2, -0.15) is 0 Å². The first-order valence-corrected chi connectivity index (χ1v) is 7.83. The van der Waals surface area contributed by atoms with Crippen LogP contribution in [0.2, 0.25) is 0 Å². The number of rotatable bonds is 3. The van der Waals surface area contributed by atoms with Crippen molar-refractivity contribution in [1.29, 1.82) is 0 Å². The molecule has 0 aliphatic carbocycles. The third-order valence-electron chi connectivity index (χ3n) is 4.23. The smallest absolute Gasteiger partial charge is 0.354 e. The third kappa shape index (κ3) is 3.12. The van der Waals surface area contributed by atoms with E-state index in [1.165, 1.54) is 6.07 Å². The average molecular weight is 328 g/mol. The number of hydrogen-bond donors (Lipinski definition) is 1. The summed E-state index contributed by atoms with van der Waals surface area (Å²) < 4.78 is 0. The molecule has 0 amide bonds. The van der Waals surface area contributed by atoms with Crippen LogP contribution in [0, 0.1) is 20.8 Å². The zero-order chi connectivity index (χ0) is 17.3. The van der Waals surface area contributed by atoms with E-state index in [2.05, 4.69) is 24.8 Å². The van der Waals surface area contributed by atoms with Gasteiger partial charge in [0.05, 0.1) is 0 Å². The first-order valence-electron chi connectivity index (χ1n) is 7.83. The molecule has 1 aliphatic rings. The normalized spacial score (nSPS) is 14.8. The van der Waals surface area contributed by atoms with E-state index in [-0.39, 0.29) is 5.69 Å². The van der Waals surface area contributed by atoms with E-state index < -0.39 is 5.97 Å². The molecular formula is C16H20N6O2. The zero-order valence-corrected chi connectivity index (χ0v) is 14.0. The first kappa shape index (κ1) is 16.1. The van der Waals surface area contributed by atoms with Gasteiger partial charge < -0.3 is 14.9 Å². The first-order chi connectivity index (χ1) is 11.5. The van der Waals surface area contributed by atoms with Crippen molar-refractivity contribution in [2.24, 2.45) is 0 Å². The van der Waals surface area contributed by atoms with Crippen molar-refractivity contribution in [2.75, 3.05) is 36.0 Å². The van der Waals surface area contributed by atoms with Gasteiger partial charge in [0.1, 0.15) is 12.1 Å². The molecule has 1 N–H and O–H groups in total. The molecule has 0 aromatic carbocycles. The Morgan fingerprint density at radius 1 is 1.04 bits per heavy atom. The third-order valence-corrected chi connectivity index (χ3v) is 4.23. The fourth-order valence-corrected chi connectivity index (χ4v) is 2.77. The molecule has 0 radical (unpaired) electrons. The minimum atomic E-state index is -1.03. The maximum Gasteiger partial charge on any atom is 0.354 e. The monoisotopic (exact) mass is 328 g/mol. The molecule has 2 aromatic rings. The Balaban J connectivity index is 1.76. The van der Waals surface area contributed by atoms with Gasteiger partial charge in [-0.3, -0.25) is 0 Å². The summed E-state index contributed by atoms with van der Waals surface area (Å²) in [6.45, 7) is 8.76. The van der Waals surface area contributed by atoms with Crippen LogP contribution in [0.3, 0.4) is 0 Å². The summed E-state index contributed by atoms with van der Waals surface area (Å²) in [7, 11) is 0. The number of carboxylic acids is 1. The quantitative estimate of drug-likeness (QED) is 0.898. The van der Waals surface area contributed by atoms with Gasteiger partial charge in [-0.25, -0.2) is 24.7 Å². The summed E-state index contributed by atoms with van der Waals surface area (Å²) in [6.07, 6.45) is 1.59. The molecule has 3 heterocycles. The van der Waals surface area contributed by atoms with Crippen LogP contribution < -0.4 is 9.80 Å². The molecule has 0 bridgehead atoms. The van der Waals surface area contributed by atoms with E-state index in [0.29, 0.717) is 24.7 Å². The van der Waals surface area contributed by atoms with Gasteiger partial charge in [-0.15, -0.1) is 0 Å². The second kappa shape index (κ2) is 6.38. The van der Waals surface area contributed by atoms with E-state index in [9.17, 15) is 4.79 Å². The van der Waals surface area contributed by atoms with Gasteiger partial charge in [-0.05, 0) is 26.8 Å². The van der Waals surface area contributed by atoms with E-state index in [1.54, 1.807) is 13.3 Å². The summed E-state index contributed by atoms with van der Waals surface area (Å²) in [5.41, 5.74) is 2.76. The van der Waals surface area contributed by atoms with Crippen molar-refractivity contribution in [1.82, 2.24) is 19.9 Å². The van der Waals surface area contributed by atoms with Crippen molar-refractivity contribution in [2.45, 2.75) is 20.8 Å². The van der Waals surface area contributed by atoms with E-state index in [0.717, 1.165) is 30.2 Å². The fourth-order valence-electron chi connectivity index (χ4n) is 2.77. The predicted octanol–water partition coefficient (Wildman–Crippen LogP) is 1.22. The van der Waals surface area contributed by atoms with Crippen molar-refractivity contribution >= 4 is 17.7 Å². The maximum atomic E-state index is 11.2. The summed E-state index contributed by atoms with van der Waals surface area (Å²) in [5, 5.41) is 9.15. The SMILES string of the molecule is Cc1cc(C(=O)O)nc(N2CCN(c3ncnc(C)c3C)CC2)n1. The molecule has 8 nitrogen and oxygen atoms in total. The molecule has 0 spiro atoms. The van der Waals surface area contributed by atoms with Crippen LogP contribution in [0.5, 0.6) is 0 Å². The predicted molar refractivity (Wildman–Crippen MR) is 89.7 cm³/mol. The standard InChI is InChI=1S/C16H20N6O2/c1-10-8-13(15(23)24)20-16(19-10)22-6-4-21(5-7-22)14-11(2)12(3)17-9-18-14/h8-9H,4-7H2,1-3H3,(H,23,24). The van der Waals surface area contributed by atoms with Crippen LogP contribution >= 0.6 is 0 Å². The molecule has 1 saturated heterocycles. The van der Waals surface area contributed by atoms with Gasteiger partial charge in [0.2, 0.25) is 5.95 Å². The van der Waals surface area contributed by atoms with Crippen LogP contribution in [0.25, 0.3) is 0 Å². The van der Waals surface area contributed by atoms with Crippen molar-refractivity contribution in [3.8, 4) is 0 Å². The summed E-state index contributed by atoms with van der Waals surface area (Å²) in [5.74, 6) is 0.397. The lowest BCUT2D eigenvalue weighted by Crippen LogP contribution is -2.47. The number of nitrogens with zero attached hydrogens (tertiary/aromatic N) is 6. The van der Waals surface area contributed by atoms with Crippen LogP contribution in [-0.2, 0) is 0 Å². The molecule has 2 aromatic heterocycles. The Kier molecular flexibility index (Phi) is 4.28. The number of carbonyl (C=O) groups is 1. The minimum Gasteiger partial charge on any atom is -0.477 e. The molecule has 1 fully saturated rings. The molecule has 3 rings (SSSR count). The Morgan fingerprint density at radius 3 is 2.38 bits per heavy atom. The van der Waals surface area contributed by atoms with Crippen LogP contribution in [-0.4, -0.2) is 57.2 Å². The number of aromatic nitrogens is 4. The largest absolute Gasteiger partial charge is 0.477 e. The van der Waals surface area contributed by atoms with Crippen LogP contribution in [0.15, 0.2) is 12.4 Å².